The summed E-state index contributed by atoms with van der Waals surface area (Å²) in [5.74, 6) is 0.614. The second kappa shape index (κ2) is 5.73. The van der Waals surface area contributed by atoms with E-state index in [4.69, 9.17) is 4.74 Å². The van der Waals surface area contributed by atoms with Crippen LogP contribution in [0.15, 0.2) is 64.8 Å². The Bertz CT molecular complexity index is 860. The molecule has 110 valence electrons. The molecule has 0 unspecified atom stereocenters. The van der Waals surface area contributed by atoms with Crippen LogP contribution in [0.4, 0.5) is 11.4 Å². The zero-order valence-electron chi connectivity index (χ0n) is 11.9. The average molecular weight is 294 g/mol. The quantitative estimate of drug-likeness (QED) is 0.689. The number of phenolic OH excluding ortho intramolecular Hbond substituents is 2. The smallest absolute Gasteiger partial charge is 0.150 e. The number of methoxy groups -OCH3 is 1. The van der Waals surface area contributed by atoms with Crippen molar-refractivity contribution in [2.24, 2.45) is 10.2 Å². The summed E-state index contributed by atoms with van der Waals surface area (Å²) in [6.45, 7) is 0. The molecule has 0 aliphatic carbocycles. The highest BCUT2D eigenvalue weighted by Gasteiger charge is 2.06. The van der Waals surface area contributed by atoms with Crippen molar-refractivity contribution >= 4 is 22.1 Å². The molecule has 0 radical (unpaired) electrons. The molecule has 5 heteroatoms. The Morgan fingerprint density at radius 3 is 2.45 bits per heavy atom. The summed E-state index contributed by atoms with van der Waals surface area (Å²) in [5.41, 5.74) is 0.604. The third-order valence-electron chi connectivity index (χ3n) is 3.33. The minimum absolute atomic E-state index is 0.00942. The lowest BCUT2D eigenvalue weighted by Gasteiger charge is -2.04. The lowest BCUT2D eigenvalue weighted by atomic mass is 10.1. The standard InChI is InChI=1S/C17H14N2O3/c1-22-12-7-9-16(20)15(10-12)19-18-14-8-6-11-4-2-3-5-13(11)17(14)21/h2-10,20-21H,1H3. The molecule has 22 heavy (non-hydrogen) atoms. The summed E-state index contributed by atoms with van der Waals surface area (Å²) in [4.78, 5) is 0. The van der Waals surface area contributed by atoms with Crippen molar-refractivity contribution in [3.63, 3.8) is 0 Å². The molecule has 0 heterocycles. The predicted molar refractivity (Wildman–Crippen MR) is 84.4 cm³/mol. The molecule has 3 rings (SSSR count). The summed E-state index contributed by atoms with van der Waals surface area (Å²) < 4.78 is 5.08. The lowest BCUT2D eigenvalue weighted by Crippen LogP contribution is -1.81. The first kappa shape index (κ1) is 13.9. The highest BCUT2D eigenvalue weighted by atomic mass is 16.5. The SMILES string of the molecule is COc1ccc(O)c(N=Nc2ccc3ccccc3c2O)c1. The molecule has 0 spiro atoms. The van der Waals surface area contributed by atoms with Crippen LogP contribution in [0.2, 0.25) is 0 Å². The van der Waals surface area contributed by atoms with Gasteiger partial charge >= 0.3 is 0 Å². The van der Waals surface area contributed by atoms with Crippen LogP contribution in [0.1, 0.15) is 0 Å². The first-order chi connectivity index (χ1) is 10.7. The molecule has 0 aliphatic heterocycles. The molecule has 3 aromatic carbocycles. The fraction of sp³-hybridized carbons (Fsp3) is 0.0588. The van der Waals surface area contributed by atoms with Crippen molar-refractivity contribution in [3.8, 4) is 17.2 Å². The Morgan fingerprint density at radius 2 is 1.64 bits per heavy atom. The summed E-state index contributed by atoms with van der Waals surface area (Å²) in [6.07, 6.45) is 0. The molecule has 0 saturated heterocycles. The molecular weight excluding hydrogens is 280 g/mol. The van der Waals surface area contributed by atoms with Crippen LogP contribution in [0.5, 0.6) is 17.2 Å². The Hall–Kier alpha value is -3.08. The number of aromatic hydroxyl groups is 2. The Morgan fingerprint density at radius 1 is 0.864 bits per heavy atom. The summed E-state index contributed by atoms with van der Waals surface area (Å²) >= 11 is 0. The van der Waals surface area contributed by atoms with Crippen molar-refractivity contribution in [1.82, 2.24) is 0 Å². The number of ether oxygens (including phenoxy) is 1. The van der Waals surface area contributed by atoms with E-state index in [1.54, 1.807) is 18.2 Å². The highest BCUT2D eigenvalue weighted by molar-refractivity contribution is 5.92. The number of azo groups is 1. The number of benzene rings is 3. The predicted octanol–water partition coefficient (Wildman–Crippen LogP) is 4.68. The molecule has 3 aromatic rings. The largest absolute Gasteiger partial charge is 0.506 e. The maximum Gasteiger partial charge on any atom is 0.150 e. The number of nitrogens with zero attached hydrogens (tertiary/aromatic N) is 2. The summed E-state index contributed by atoms with van der Waals surface area (Å²) in [5, 5.41) is 29.7. The van der Waals surface area contributed by atoms with E-state index in [2.05, 4.69) is 10.2 Å². The first-order valence-corrected chi connectivity index (χ1v) is 6.68. The van der Waals surface area contributed by atoms with Crippen LogP contribution >= 0.6 is 0 Å². The lowest BCUT2D eigenvalue weighted by molar-refractivity contribution is 0.412. The van der Waals surface area contributed by atoms with Crippen molar-refractivity contribution < 1.29 is 14.9 Å². The van der Waals surface area contributed by atoms with Gasteiger partial charge in [-0.05, 0) is 23.6 Å². The van der Waals surface area contributed by atoms with E-state index < -0.39 is 0 Å². The van der Waals surface area contributed by atoms with Crippen molar-refractivity contribution in [1.29, 1.82) is 0 Å². The van der Waals surface area contributed by atoms with Crippen LogP contribution < -0.4 is 4.74 Å². The summed E-state index contributed by atoms with van der Waals surface area (Å²) in [6, 6.07) is 15.7. The number of rotatable bonds is 3. The molecule has 2 N–H and O–H groups in total. The molecule has 0 fully saturated rings. The van der Waals surface area contributed by atoms with E-state index in [9.17, 15) is 10.2 Å². The van der Waals surface area contributed by atoms with E-state index in [0.717, 1.165) is 5.39 Å². The second-order valence-electron chi connectivity index (χ2n) is 4.71. The zero-order chi connectivity index (χ0) is 15.5. The maximum atomic E-state index is 10.3. The topological polar surface area (TPSA) is 74.4 Å². The zero-order valence-corrected chi connectivity index (χ0v) is 11.9. The van der Waals surface area contributed by atoms with Crippen molar-refractivity contribution in [3.05, 3.63) is 54.6 Å². The van der Waals surface area contributed by atoms with E-state index in [-0.39, 0.29) is 17.2 Å². The number of hydrogen-bond donors (Lipinski definition) is 2. The molecule has 0 atom stereocenters. The van der Waals surface area contributed by atoms with Crippen LogP contribution in [0, 0.1) is 0 Å². The van der Waals surface area contributed by atoms with Gasteiger partial charge in [0.05, 0.1) is 7.11 Å². The van der Waals surface area contributed by atoms with E-state index in [1.807, 2.05) is 30.3 Å². The van der Waals surface area contributed by atoms with Gasteiger partial charge in [0.2, 0.25) is 0 Å². The van der Waals surface area contributed by atoms with Crippen molar-refractivity contribution in [2.75, 3.05) is 7.11 Å². The third-order valence-corrected chi connectivity index (χ3v) is 3.33. The van der Waals surface area contributed by atoms with Gasteiger partial charge in [0.1, 0.15) is 22.9 Å². The van der Waals surface area contributed by atoms with Gasteiger partial charge in [0.15, 0.2) is 5.75 Å². The highest BCUT2D eigenvalue weighted by Crippen LogP contribution is 2.37. The van der Waals surface area contributed by atoms with E-state index in [0.29, 0.717) is 16.8 Å². The van der Waals surface area contributed by atoms with Gasteiger partial charge in [-0.2, -0.15) is 0 Å². The Balaban J connectivity index is 2.01. The summed E-state index contributed by atoms with van der Waals surface area (Å²) in [7, 11) is 1.53. The van der Waals surface area contributed by atoms with Gasteiger partial charge in [0, 0.05) is 11.5 Å². The molecule has 0 bridgehead atoms. The molecule has 0 aromatic heterocycles. The fourth-order valence-electron chi connectivity index (χ4n) is 2.14. The van der Waals surface area contributed by atoms with E-state index >= 15 is 0 Å². The van der Waals surface area contributed by atoms with Gasteiger partial charge in [-0.3, -0.25) is 0 Å². The van der Waals surface area contributed by atoms with Crippen LogP contribution in [-0.4, -0.2) is 17.3 Å². The molecule has 5 nitrogen and oxygen atoms in total. The van der Waals surface area contributed by atoms with Gasteiger partial charge in [-0.1, -0.05) is 30.3 Å². The van der Waals surface area contributed by atoms with Crippen LogP contribution in [-0.2, 0) is 0 Å². The Kier molecular flexibility index (Phi) is 3.62. The molecular formula is C17H14N2O3. The minimum Gasteiger partial charge on any atom is -0.506 e. The minimum atomic E-state index is -0.00942. The number of hydrogen-bond acceptors (Lipinski definition) is 5. The number of phenols is 2. The van der Waals surface area contributed by atoms with E-state index in [1.165, 1.54) is 13.2 Å². The van der Waals surface area contributed by atoms with Gasteiger partial charge < -0.3 is 14.9 Å². The van der Waals surface area contributed by atoms with Gasteiger partial charge in [-0.15, -0.1) is 10.2 Å². The normalized spacial score (nSPS) is 11.1. The fourth-order valence-corrected chi connectivity index (χ4v) is 2.14. The van der Waals surface area contributed by atoms with Crippen LogP contribution in [0.3, 0.4) is 0 Å². The molecule has 0 saturated carbocycles. The average Bonchev–Trinajstić information content (AvgIpc) is 2.56. The molecule has 0 amide bonds. The monoisotopic (exact) mass is 294 g/mol. The van der Waals surface area contributed by atoms with Crippen molar-refractivity contribution in [2.45, 2.75) is 0 Å². The molecule has 0 aliphatic rings. The maximum absolute atomic E-state index is 10.3. The van der Waals surface area contributed by atoms with Crippen LogP contribution in [0.25, 0.3) is 10.8 Å². The second-order valence-corrected chi connectivity index (χ2v) is 4.71. The van der Waals surface area contributed by atoms with Gasteiger partial charge in [0.25, 0.3) is 0 Å². The first-order valence-electron chi connectivity index (χ1n) is 6.68. The number of fused-ring (bicyclic) bond motifs is 1. The third kappa shape index (κ3) is 2.56. The Labute approximate surface area is 127 Å². The van der Waals surface area contributed by atoms with Gasteiger partial charge in [-0.25, -0.2) is 0 Å².